The van der Waals surface area contributed by atoms with Crippen LogP contribution in [0, 0.1) is 0 Å². The van der Waals surface area contributed by atoms with Crippen molar-refractivity contribution in [1.82, 2.24) is 0 Å². The number of carbonyl (C=O) groups excluding carboxylic acids is 1. The standard InChI is InChI=1S/C16H17NO3S/c1-11(16(18)20-3)15(14-5-4-10-21-14)17-12-6-8-13(19-2)9-7-12/h4-10,15,17H,1H2,2-3H3. The lowest BCUT2D eigenvalue weighted by molar-refractivity contribution is -0.136. The van der Waals surface area contributed by atoms with E-state index in [1.165, 1.54) is 7.11 Å². The third-order valence-corrected chi connectivity index (χ3v) is 3.96. The number of rotatable bonds is 6. The summed E-state index contributed by atoms with van der Waals surface area (Å²) in [6.45, 7) is 3.86. The van der Waals surface area contributed by atoms with Crippen molar-refractivity contribution in [1.29, 1.82) is 0 Å². The molecule has 1 heterocycles. The van der Waals surface area contributed by atoms with Gasteiger partial charge in [0.05, 0.1) is 25.8 Å². The van der Waals surface area contributed by atoms with Crippen LogP contribution in [0.5, 0.6) is 5.75 Å². The van der Waals surface area contributed by atoms with Gasteiger partial charge in [0.25, 0.3) is 0 Å². The molecular formula is C16H17NO3S. The van der Waals surface area contributed by atoms with Crippen LogP contribution < -0.4 is 10.1 Å². The summed E-state index contributed by atoms with van der Waals surface area (Å²) in [4.78, 5) is 12.8. The highest BCUT2D eigenvalue weighted by atomic mass is 32.1. The van der Waals surface area contributed by atoms with Gasteiger partial charge < -0.3 is 14.8 Å². The van der Waals surface area contributed by atoms with Crippen LogP contribution >= 0.6 is 11.3 Å². The third-order valence-electron chi connectivity index (χ3n) is 3.02. The van der Waals surface area contributed by atoms with Gasteiger partial charge >= 0.3 is 5.97 Å². The molecule has 2 rings (SSSR count). The zero-order valence-corrected chi connectivity index (χ0v) is 12.8. The lowest BCUT2D eigenvalue weighted by atomic mass is 10.1. The van der Waals surface area contributed by atoms with Crippen LogP contribution in [0.15, 0.2) is 53.9 Å². The van der Waals surface area contributed by atoms with Crippen molar-refractivity contribution >= 4 is 23.0 Å². The van der Waals surface area contributed by atoms with Gasteiger partial charge in [-0.1, -0.05) is 12.6 Å². The van der Waals surface area contributed by atoms with Gasteiger partial charge in [-0.15, -0.1) is 11.3 Å². The second-order valence-corrected chi connectivity index (χ2v) is 5.32. The molecule has 0 bridgehead atoms. The summed E-state index contributed by atoms with van der Waals surface area (Å²) >= 11 is 1.56. The molecule has 0 amide bonds. The van der Waals surface area contributed by atoms with Gasteiger partial charge in [-0.05, 0) is 35.7 Å². The molecule has 0 aliphatic heterocycles. The van der Waals surface area contributed by atoms with Crippen molar-refractivity contribution in [3.63, 3.8) is 0 Å². The Morgan fingerprint density at radius 2 is 1.95 bits per heavy atom. The molecule has 1 N–H and O–H groups in total. The van der Waals surface area contributed by atoms with Crippen LogP contribution in [0.3, 0.4) is 0 Å². The lowest BCUT2D eigenvalue weighted by Gasteiger charge is -2.20. The van der Waals surface area contributed by atoms with E-state index in [0.717, 1.165) is 16.3 Å². The van der Waals surface area contributed by atoms with E-state index in [1.807, 2.05) is 41.8 Å². The highest BCUT2D eigenvalue weighted by Crippen LogP contribution is 2.30. The molecule has 0 aliphatic carbocycles. The Morgan fingerprint density at radius 3 is 2.48 bits per heavy atom. The van der Waals surface area contributed by atoms with Crippen molar-refractivity contribution in [3.8, 4) is 5.75 Å². The predicted octanol–water partition coefficient (Wildman–Crippen LogP) is 3.64. The largest absolute Gasteiger partial charge is 0.497 e. The van der Waals surface area contributed by atoms with E-state index in [9.17, 15) is 4.79 Å². The maximum atomic E-state index is 11.8. The molecule has 1 aromatic heterocycles. The summed E-state index contributed by atoms with van der Waals surface area (Å²) < 4.78 is 9.90. The minimum absolute atomic E-state index is 0.314. The molecule has 0 radical (unpaired) electrons. The highest BCUT2D eigenvalue weighted by molar-refractivity contribution is 7.10. The number of carbonyl (C=O) groups is 1. The molecule has 5 heteroatoms. The fourth-order valence-electron chi connectivity index (χ4n) is 1.89. The average Bonchev–Trinajstić information content (AvgIpc) is 3.05. The number of thiophene rings is 1. The maximum Gasteiger partial charge on any atom is 0.335 e. The lowest BCUT2D eigenvalue weighted by Crippen LogP contribution is -2.18. The summed E-state index contributed by atoms with van der Waals surface area (Å²) in [6, 6.07) is 11.1. The summed E-state index contributed by atoms with van der Waals surface area (Å²) in [5.41, 5.74) is 1.25. The Kier molecular flexibility index (Phi) is 5.00. The fraction of sp³-hybridized carbons (Fsp3) is 0.188. The first-order valence-corrected chi connectivity index (χ1v) is 7.24. The Morgan fingerprint density at radius 1 is 1.24 bits per heavy atom. The molecule has 0 aliphatic rings. The van der Waals surface area contributed by atoms with Crippen LogP contribution in [-0.4, -0.2) is 20.2 Å². The van der Waals surface area contributed by atoms with Crippen LogP contribution in [0.1, 0.15) is 10.9 Å². The first-order valence-electron chi connectivity index (χ1n) is 6.36. The molecule has 0 saturated heterocycles. The number of nitrogens with one attached hydrogen (secondary N) is 1. The van der Waals surface area contributed by atoms with Gasteiger partial charge in [-0.25, -0.2) is 4.79 Å². The molecule has 21 heavy (non-hydrogen) atoms. The highest BCUT2D eigenvalue weighted by Gasteiger charge is 2.22. The molecular weight excluding hydrogens is 286 g/mol. The van der Waals surface area contributed by atoms with Crippen molar-refractivity contribution in [2.24, 2.45) is 0 Å². The molecule has 0 spiro atoms. The predicted molar refractivity (Wildman–Crippen MR) is 84.8 cm³/mol. The van der Waals surface area contributed by atoms with Gasteiger partial charge in [0.1, 0.15) is 5.75 Å². The topological polar surface area (TPSA) is 47.6 Å². The van der Waals surface area contributed by atoms with Gasteiger partial charge in [-0.3, -0.25) is 0 Å². The molecule has 110 valence electrons. The average molecular weight is 303 g/mol. The summed E-state index contributed by atoms with van der Waals surface area (Å²) in [5.74, 6) is 0.356. The normalized spacial score (nSPS) is 11.5. The minimum Gasteiger partial charge on any atom is -0.497 e. The Hall–Kier alpha value is -2.27. The number of anilines is 1. The van der Waals surface area contributed by atoms with Crippen LogP contribution in [0.4, 0.5) is 5.69 Å². The second kappa shape index (κ2) is 6.95. The van der Waals surface area contributed by atoms with Crippen LogP contribution in [0.25, 0.3) is 0 Å². The van der Waals surface area contributed by atoms with Crippen LogP contribution in [0.2, 0.25) is 0 Å². The van der Waals surface area contributed by atoms with Crippen molar-refractivity contribution < 1.29 is 14.3 Å². The molecule has 4 nitrogen and oxygen atoms in total. The zero-order chi connectivity index (χ0) is 15.2. The van der Waals surface area contributed by atoms with Crippen LogP contribution in [-0.2, 0) is 9.53 Å². The second-order valence-electron chi connectivity index (χ2n) is 4.34. The summed E-state index contributed by atoms with van der Waals surface area (Å²) in [5, 5.41) is 5.26. The first-order chi connectivity index (χ1) is 10.2. The van der Waals surface area contributed by atoms with Crippen molar-refractivity contribution in [2.45, 2.75) is 6.04 Å². The number of methoxy groups -OCH3 is 2. The summed E-state index contributed by atoms with van der Waals surface area (Å²) in [6.07, 6.45) is 0. The van der Waals surface area contributed by atoms with E-state index in [0.29, 0.717) is 5.57 Å². The van der Waals surface area contributed by atoms with E-state index in [2.05, 4.69) is 11.9 Å². The molecule has 0 saturated carbocycles. The van der Waals surface area contributed by atoms with E-state index in [-0.39, 0.29) is 6.04 Å². The molecule has 1 unspecified atom stereocenters. The number of ether oxygens (including phenoxy) is 2. The van der Waals surface area contributed by atoms with Gasteiger partial charge in [0.2, 0.25) is 0 Å². The molecule has 2 aromatic rings. The quantitative estimate of drug-likeness (QED) is 0.654. The Bertz CT molecular complexity index is 605. The van der Waals surface area contributed by atoms with E-state index in [1.54, 1.807) is 18.4 Å². The maximum absolute atomic E-state index is 11.8. The number of benzene rings is 1. The number of hydrogen-bond donors (Lipinski definition) is 1. The Balaban J connectivity index is 2.23. The smallest absolute Gasteiger partial charge is 0.335 e. The number of hydrogen-bond acceptors (Lipinski definition) is 5. The van der Waals surface area contributed by atoms with E-state index in [4.69, 9.17) is 9.47 Å². The molecule has 0 fully saturated rings. The van der Waals surface area contributed by atoms with E-state index < -0.39 is 5.97 Å². The SMILES string of the molecule is C=C(C(=O)OC)C(Nc1ccc(OC)cc1)c1cccs1. The van der Waals surface area contributed by atoms with Gasteiger partial charge in [-0.2, -0.15) is 0 Å². The fourth-order valence-corrected chi connectivity index (χ4v) is 2.70. The molecule has 1 atom stereocenters. The number of esters is 1. The van der Waals surface area contributed by atoms with Crippen molar-refractivity contribution in [3.05, 3.63) is 58.8 Å². The first kappa shape index (κ1) is 15.1. The van der Waals surface area contributed by atoms with Gasteiger partial charge in [0.15, 0.2) is 0 Å². The Labute approximate surface area is 128 Å². The van der Waals surface area contributed by atoms with E-state index >= 15 is 0 Å². The monoisotopic (exact) mass is 303 g/mol. The third kappa shape index (κ3) is 3.64. The van der Waals surface area contributed by atoms with Crippen molar-refractivity contribution in [2.75, 3.05) is 19.5 Å². The molecule has 1 aromatic carbocycles. The van der Waals surface area contributed by atoms with Gasteiger partial charge in [0, 0.05) is 10.6 Å². The zero-order valence-electron chi connectivity index (χ0n) is 12.0. The summed E-state index contributed by atoms with van der Waals surface area (Å²) in [7, 11) is 2.97. The minimum atomic E-state index is -0.422.